The van der Waals surface area contributed by atoms with E-state index in [1.54, 1.807) is 6.07 Å². The Kier molecular flexibility index (Phi) is 2.07. The number of ether oxygens (including phenoxy) is 1. The molecule has 4 aliphatic rings. The summed E-state index contributed by atoms with van der Waals surface area (Å²) in [4.78, 5) is 0. The highest BCUT2D eigenvalue weighted by Gasteiger charge is 2.71. The Hall–Kier alpha value is -1.30. The molecule has 1 aromatic rings. The summed E-state index contributed by atoms with van der Waals surface area (Å²) in [6.45, 7) is 0.800. The molecule has 2 bridgehead atoms. The van der Waals surface area contributed by atoms with Crippen molar-refractivity contribution in [3.05, 3.63) is 23.3 Å². The number of phenolic OH excluding ortho intramolecular Hbond substituents is 1. The van der Waals surface area contributed by atoms with Gasteiger partial charge in [-0.05, 0) is 43.9 Å². The van der Waals surface area contributed by atoms with Crippen LogP contribution in [0, 0.1) is 0 Å². The van der Waals surface area contributed by atoms with Gasteiger partial charge in [-0.2, -0.15) is 0 Å². The van der Waals surface area contributed by atoms with E-state index in [-0.39, 0.29) is 11.8 Å². The minimum absolute atomic E-state index is 0.00663. The normalized spacial score (nSPS) is 45.9. The van der Waals surface area contributed by atoms with Crippen LogP contribution in [0.25, 0.3) is 0 Å². The molecule has 5 heteroatoms. The zero-order valence-corrected chi connectivity index (χ0v) is 11.7. The average molecular weight is 289 g/mol. The maximum absolute atomic E-state index is 11.5. The molecule has 5 rings (SSSR count). The number of rotatable bonds is 0. The summed E-state index contributed by atoms with van der Waals surface area (Å²) in [5.41, 5.74) is 0.594. The van der Waals surface area contributed by atoms with Crippen molar-refractivity contribution in [3.63, 3.8) is 0 Å². The van der Waals surface area contributed by atoms with Gasteiger partial charge < -0.3 is 25.4 Å². The van der Waals surface area contributed by atoms with Crippen LogP contribution in [0.15, 0.2) is 12.1 Å². The largest absolute Gasteiger partial charge is 0.504 e. The number of aromatic hydroxyl groups is 1. The van der Waals surface area contributed by atoms with Crippen molar-refractivity contribution in [3.8, 4) is 11.5 Å². The third-order valence-corrected chi connectivity index (χ3v) is 6.25. The van der Waals surface area contributed by atoms with Gasteiger partial charge in [0.15, 0.2) is 11.5 Å². The molecule has 1 saturated carbocycles. The van der Waals surface area contributed by atoms with Gasteiger partial charge in [-0.1, -0.05) is 6.07 Å². The number of hydrogen-bond acceptors (Lipinski definition) is 5. The van der Waals surface area contributed by atoms with Crippen LogP contribution in [-0.4, -0.2) is 45.7 Å². The Balaban J connectivity index is 1.87. The molecular formula is C16H19NO4. The first kappa shape index (κ1) is 12.3. The van der Waals surface area contributed by atoms with Gasteiger partial charge >= 0.3 is 0 Å². The Morgan fingerprint density at radius 1 is 1.29 bits per heavy atom. The van der Waals surface area contributed by atoms with Gasteiger partial charge in [0, 0.05) is 11.6 Å². The van der Waals surface area contributed by atoms with E-state index in [9.17, 15) is 15.3 Å². The lowest BCUT2D eigenvalue weighted by Gasteiger charge is -2.61. The summed E-state index contributed by atoms with van der Waals surface area (Å²) in [7, 11) is 0. The van der Waals surface area contributed by atoms with Crippen molar-refractivity contribution in [2.45, 2.75) is 54.9 Å². The molecule has 2 heterocycles. The monoisotopic (exact) mass is 289 g/mol. The Morgan fingerprint density at radius 3 is 3.00 bits per heavy atom. The quantitative estimate of drug-likeness (QED) is 0.548. The predicted octanol–water partition coefficient (Wildman–Crippen LogP) is 0.195. The molecule has 1 aromatic carbocycles. The van der Waals surface area contributed by atoms with Crippen molar-refractivity contribution < 1.29 is 20.1 Å². The van der Waals surface area contributed by atoms with Crippen LogP contribution >= 0.6 is 0 Å². The fourth-order valence-electron chi connectivity index (χ4n) is 5.42. The van der Waals surface area contributed by atoms with Gasteiger partial charge in [-0.15, -0.1) is 0 Å². The Bertz CT molecular complexity index is 647. The van der Waals surface area contributed by atoms with Crippen molar-refractivity contribution in [1.29, 1.82) is 0 Å². The fraction of sp³-hybridized carbons (Fsp3) is 0.625. The van der Waals surface area contributed by atoms with Crippen LogP contribution in [0.4, 0.5) is 0 Å². The molecule has 5 unspecified atom stereocenters. The van der Waals surface area contributed by atoms with E-state index in [0.717, 1.165) is 30.5 Å². The molecule has 5 atom stereocenters. The van der Waals surface area contributed by atoms with Gasteiger partial charge in [-0.25, -0.2) is 0 Å². The first-order valence-corrected chi connectivity index (χ1v) is 7.74. The molecule has 112 valence electrons. The third-order valence-electron chi connectivity index (χ3n) is 6.25. The molecule has 4 N–H and O–H groups in total. The number of piperidine rings is 1. The van der Waals surface area contributed by atoms with E-state index in [2.05, 4.69) is 5.32 Å². The van der Waals surface area contributed by atoms with E-state index in [4.69, 9.17) is 4.74 Å². The van der Waals surface area contributed by atoms with Gasteiger partial charge in [0.1, 0.15) is 6.10 Å². The summed E-state index contributed by atoms with van der Waals surface area (Å²) < 4.78 is 6.00. The van der Waals surface area contributed by atoms with Gasteiger partial charge in [0.2, 0.25) is 0 Å². The summed E-state index contributed by atoms with van der Waals surface area (Å²) >= 11 is 0. The van der Waals surface area contributed by atoms with E-state index in [1.807, 2.05) is 6.07 Å². The van der Waals surface area contributed by atoms with Crippen LogP contribution in [-0.2, 0) is 11.8 Å². The highest BCUT2D eigenvalue weighted by molar-refractivity contribution is 5.62. The number of benzene rings is 1. The standard InChI is InChI=1S/C16H19NO4/c18-9-2-1-8-7-11-16(20)4-3-10(19)14-15(16,5-6-17-11)12(8)13(9)21-14/h1-2,10-11,14,17-20H,3-7H2. The van der Waals surface area contributed by atoms with Gasteiger partial charge in [0.05, 0.1) is 17.1 Å². The first-order valence-electron chi connectivity index (χ1n) is 7.74. The number of aliphatic hydroxyl groups is 2. The molecule has 5 nitrogen and oxygen atoms in total. The summed E-state index contributed by atoms with van der Waals surface area (Å²) in [5.74, 6) is 0.598. The maximum Gasteiger partial charge on any atom is 0.165 e. The number of nitrogens with one attached hydrogen (secondary N) is 1. The number of aliphatic hydroxyl groups excluding tert-OH is 1. The molecule has 0 aromatic heterocycles. The van der Waals surface area contributed by atoms with E-state index >= 15 is 0 Å². The SMILES string of the molecule is Oc1ccc2c3c1OC1C(O)CCC4(O)C(C2)NCCC314. The predicted molar refractivity (Wildman–Crippen MR) is 74.5 cm³/mol. The van der Waals surface area contributed by atoms with Crippen LogP contribution in [0.3, 0.4) is 0 Å². The lowest BCUT2D eigenvalue weighted by Crippen LogP contribution is -2.76. The first-order chi connectivity index (χ1) is 10.1. The molecule has 21 heavy (non-hydrogen) atoms. The molecule has 0 radical (unpaired) electrons. The minimum Gasteiger partial charge on any atom is -0.504 e. The van der Waals surface area contributed by atoms with Crippen LogP contribution in [0.2, 0.25) is 0 Å². The third kappa shape index (κ3) is 1.14. The lowest BCUT2D eigenvalue weighted by molar-refractivity contribution is -0.179. The topological polar surface area (TPSA) is 82.0 Å². The summed E-state index contributed by atoms with van der Waals surface area (Å²) in [5, 5.41) is 35.6. The molecule has 1 spiro atoms. The maximum atomic E-state index is 11.5. The second-order valence-corrected chi connectivity index (χ2v) is 6.95. The fourth-order valence-corrected chi connectivity index (χ4v) is 5.42. The average Bonchev–Trinajstić information content (AvgIpc) is 2.80. The molecule has 2 fully saturated rings. The molecule has 1 saturated heterocycles. The smallest absolute Gasteiger partial charge is 0.165 e. The summed E-state index contributed by atoms with van der Waals surface area (Å²) in [6, 6.07) is 3.59. The van der Waals surface area contributed by atoms with Gasteiger partial charge in [0.25, 0.3) is 0 Å². The van der Waals surface area contributed by atoms with Crippen LogP contribution in [0.1, 0.15) is 30.4 Å². The van der Waals surface area contributed by atoms with Gasteiger partial charge in [-0.3, -0.25) is 0 Å². The van der Waals surface area contributed by atoms with E-state index < -0.39 is 23.2 Å². The Labute approximate surface area is 122 Å². The van der Waals surface area contributed by atoms with Crippen molar-refractivity contribution >= 4 is 0 Å². The lowest BCUT2D eigenvalue weighted by atomic mass is 9.49. The van der Waals surface area contributed by atoms with E-state index in [1.165, 1.54) is 0 Å². The molecule has 2 aliphatic heterocycles. The molecule has 0 amide bonds. The Morgan fingerprint density at radius 2 is 2.14 bits per heavy atom. The van der Waals surface area contributed by atoms with Crippen molar-refractivity contribution in [1.82, 2.24) is 5.32 Å². The second kappa shape index (κ2) is 3.54. The number of hydrogen-bond donors (Lipinski definition) is 4. The molecular weight excluding hydrogens is 270 g/mol. The van der Waals surface area contributed by atoms with Crippen LogP contribution < -0.4 is 10.1 Å². The van der Waals surface area contributed by atoms with Crippen molar-refractivity contribution in [2.24, 2.45) is 0 Å². The molecule has 2 aliphatic carbocycles. The zero-order valence-electron chi connectivity index (χ0n) is 11.7. The number of phenols is 1. The van der Waals surface area contributed by atoms with E-state index in [0.29, 0.717) is 18.6 Å². The summed E-state index contributed by atoms with van der Waals surface area (Å²) in [6.07, 6.45) is 1.52. The second-order valence-electron chi connectivity index (χ2n) is 6.95. The van der Waals surface area contributed by atoms with Crippen molar-refractivity contribution in [2.75, 3.05) is 6.54 Å². The highest BCUT2D eigenvalue weighted by atomic mass is 16.5. The van der Waals surface area contributed by atoms with Crippen LogP contribution in [0.5, 0.6) is 11.5 Å². The minimum atomic E-state index is -0.902. The highest BCUT2D eigenvalue weighted by Crippen LogP contribution is 2.64. The zero-order chi connectivity index (χ0) is 14.4.